The average Bonchev–Trinajstić information content (AvgIpc) is 3.20. The summed E-state index contributed by atoms with van der Waals surface area (Å²) in [7, 11) is 2.00. The van der Waals surface area contributed by atoms with E-state index in [1.807, 2.05) is 32.2 Å². The zero-order valence-corrected chi connectivity index (χ0v) is 17.3. The van der Waals surface area contributed by atoms with E-state index in [1.165, 1.54) is 0 Å². The number of fused-ring (bicyclic) bond motifs is 1. The van der Waals surface area contributed by atoms with E-state index in [-0.39, 0.29) is 30.8 Å². The lowest BCUT2D eigenvalue weighted by Crippen LogP contribution is -2.40. The molecule has 0 atom stereocenters. The predicted octanol–water partition coefficient (Wildman–Crippen LogP) is 2.74. The molecule has 7 heteroatoms. The smallest absolute Gasteiger partial charge is 0.231 e. The molecule has 0 unspecified atom stereocenters. The first-order valence-corrected chi connectivity index (χ1v) is 8.70. The van der Waals surface area contributed by atoms with Gasteiger partial charge in [-0.1, -0.05) is 18.9 Å². The zero-order valence-electron chi connectivity index (χ0n) is 15.0. The summed E-state index contributed by atoms with van der Waals surface area (Å²) in [6, 6.07) is 5.99. The molecule has 0 amide bonds. The van der Waals surface area contributed by atoms with Gasteiger partial charge in [0.1, 0.15) is 0 Å². The van der Waals surface area contributed by atoms with E-state index in [0.29, 0.717) is 13.1 Å². The Labute approximate surface area is 166 Å². The van der Waals surface area contributed by atoms with Crippen molar-refractivity contribution in [1.82, 2.24) is 10.2 Å². The monoisotopic (exact) mass is 461 g/mol. The summed E-state index contributed by atoms with van der Waals surface area (Å²) < 4.78 is 10.8. The fourth-order valence-electron chi connectivity index (χ4n) is 3.27. The van der Waals surface area contributed by atoms with E-state index in [2.05, 4.69) is 15.2 Å². The van der Waals surface area contributed by atoms with Gasteiger partial charge in [-0.2, -0.15) is 0 Å². The first-order valence-electron chi connectivity index (χ1n) is 8.70. The van der Waals surface area contributed by atoms with Gasteiger partial charge in [-0.3, -0.25) is 4.99 Å². The summed E-state index contributed by atoms with van der Waals surface area (Å²) in [6.45, 7) is 4.30. The molecule has 0 radical (unpaired) electrons. The van der Waals surface area contributed by atoms with Gasteiger partial charge < -0.3 is 24.8 Å². The Bertz CT molecular complexity index is 603. The molecule has 1 aliphatic carbocycles. The van der Waals surface area contributed by atoms with Crippen LogP contribution in [0.3, 0.4) is 0 Å². The molecule has 1 aromatic carbocycles. The molecule has 0 aromatic heterocycles. The molecule has 1 aromatic rings. The third-order valence-corrected chi connectivity index (χ3v) is 4.61. The number of rotatable bonds is 5. The van der Waals surface area contributed by atoms with Crippen LogP contribution in [-0.2, 0) is 6.54 Å². The molecule has 0 saturated heterocycles. The number of halogens is 1. The Morgan fingerprint density at radius 1 is 1.28 bits per heavy atom. The van der Waals surface area contributed by atoms with Gasteiger partial charge in [0.25, 0.3) is 0 Å². The van der Waals surface area contributed by atoms with Crippen molar-refractivity contribution in [2.75, 3.05) is 26.9 Å². The van der Waals surface area contributed by atoms with Crippen molar-refractivity contribution < 1.29 is 14.6 Å². The highest BCUT2D eigenvalue weighted by Gasteiger charge is 2.31. The number of nitrogens with zero attached hydrogens (tertiary/aromatic N) is 2. The van der Waals surface area contributed by atoms with Crippen LogP contribution < -0.4 is 14.8 Å². The van der Waals surface area contributed by atoms with Gasteiger partial charge in [0, 0.05) is 20.1 Å². The zero-order chi connectivity index (χ0) is 17.0. The van der Waals surface area contributed by atoms with E-state index in [0.717, 1.165) is 55.3 Å². The van der Waals surface area contributed by atoms with E-state index in [9.17, 15) is 5.11 Å². The Morgan fingerprint density at radius 2 is 2.00 bits per heavy atom. The van der Waals surface area contributed by atoms with Gasteiger partial charge >= 0.3 is 0 Å². The van der Waals surface area contributed by atoms with Crippen molar-refractivity contribution in [3.63, 3.8) is 0 Å². The summed E-state index contributed by atoms with van der Waals surface area (Å²) in [6.07, 6.45) is 3.88. The van der Waals surface area contributed by atoms with Crippen LogP contribution in [0.15, 0.2) is 23.2 Å². The highest BCUT2D eigenvalue weighted by Crippen LogP contribution is 2.33. The SMILES string of the molecule is CCNC(=NCC1(O)CCCC1)N(C)Cc1ccc2c(c1)OCO2.I. The van der Waals surface area contributed by atoms with Crippen molar-refractivity contribution in [2.45, 2.75) is 44.8 Å². The van der Waals surface area contributed by atoms with E-state index in [4.69, 9.17) is 9.47 Å². The molecular formula is C18H28IN3O3. The number of benzene rings is 1. The lowest BCUT2D eigenvalue weighted by atomic mass is 10.0. The standard InChI is InChI=1S/C18H27N3O3.HI/c1-3-19-17(20-12-18(22)8-4-5-9-18)21(2)11-14-6-7-15-16(10-14)24-13-23-15;/h6-7,10,22H,3-5,8-9,11-13H2,1-2H3,(H,19,20);1H. The second kappa shape index (κ2) is 8.93. The fraction of sp³-hybridized carbons (Fsp3) is 0.611. The first-order chi connectivity index (χ1) is 11.6. The highest BCUT2D eigenvalue weighted by atomic mass is 127. The van der Waals surface area contributed by atoms with Gasteiger partial charge in [0.15, 0.2) is 17.5 Å². The largest absolute Gasteiger partial charge is 0.454 e. The molecular weight excluding hydrogens is 433 g/mol. The van der Waals surface area contributed by atoms with E-state index in [1.54, 1.807) is 0 Å². The Hall–Kier alpha value is -1.22. The summed E-state index contributed by atoms with van der Waals surface area (Å²) in [4.78, 5) is 6.73. The molecule has 0 bridgehead atoms. The van der Waals surface area contributed by atoms with E-state index >= 15 is 0 Å². The molecule has 1 heterocycles. The van der Waals surface area contributed by atoms with Gasteiger partial charge in [0.2, 0.25) is 6.79 Å². The predicted molar refractivity (Wildman–Crippen MR) is 109 cm³/mol. The van der Waals surface area contributed by atoms with Crippen molar-refractivity contribution in [3.8, 4) is 11.5 Å². The van der Waals surface area contributed by atoms with Crippen LogP contribution in [0.5, 0.6) is 11.5 Å². The minimum Gasteiger partial charge on any atom is -0.454 e. The number of hydrogen-bond acceptors (Lipinski definition) is 4. The maximum Gasteiger partial charge on any atom is 0.231 e. The number of guanidine groups is 1. The molecule has 140 valence electrons. The van der Waals surface area contributed by atoms with Crippen LogP contribution in [0.25, 0.3) is 0 Å². The quantitative estimate of drug-likeness (QED) is 0.401. The van der Waals surface area contributed by atoms with Crippen molar-refractivity contribution >= 4 is 29.9 Å². The van der Waals surface area contributed by atoms with Gasteiger partial charge in [-0.25, -0.2) is 0 Å². The van der Waals surface area contributed by atoms with Gasteiger partial charge in [-0.15, -0.1) is 24.0 Å². The minimum atomic E-state index is -0.625. The maximum atomic E-state index is 10.5. The Kier molecular flexibility index (Phi) is 7.18. The van der Waals surface area contributed by atoms with Crippen molar-refractivity contribution in [1.29, 1.82) is 0 Å². The van der Waals surface area contributed by atoms with Crippen LogP contribution in [0, 0.1) is 0 Å². The highest BCUT2D eigenvalue weighted by molar-refractivity contribution is 14.0. The normalized spacial score (nSPS) is 18.0. The average molecular weight is 461 g/mol. The number of hydrogen-bond donors (Lipinski definition) is 2. The molecule has 1 fully saturated rings. The number of aliphatic hydroxyl groups is 1. The van der Waals surface area contributed by atoms with Gasteiger partial charge in [0.05, 0.1) is 12.1 Å². The lowest BCUT2D eigenvalue weighted by molar-refractivity contribution is 0.0572. The number of nitrogens with one attached hydrogen (secondary N) is 1. The van der Waals surface area contributed by atoms with Crippen LogP contribution in [-0.4, -0.2) is 48.5 Å². The topological polar surface area (TPSA) is 66.3 Å². The van der Waals surface area contributed by atoms with Gasteiger partial charge in [-0.05, 0) is 37.5 Å². The lowest BCUT2D eigenvalue weighted by Gasteiger charge is -2.25. The molecule has 3 rings (SSSR count). The Balaban J connectivity index is 0.00000225. The third kappa shape index (κ3) is 5.13. The molecule has 6 nitrogen and oxygen atoms in total. The molecule has 2 N–H and O–H groups in total. The fourth-order valence-corrected chi connectivity index (χ4v) is 3.27. The van der Waals surface area contributed by atoms with E-state index < -0.39 is 5.60 Å². The van der Waals surface area contributed by atoms with Crippen LogP contribution in [0.1, 0.15) is 38.2 Å². The number of ether oxygens (including phenoxy) is 2. The second-order valence-corrected chi connectivity index (χ2v) is 6.65. The van der Waals surface area contributed by atoms with Crippen molar-refractivity contribution in [2.24, 2.45) is 4.99 Å². The summed E-state index contributed by atoms with van der Waals surface area (Å²) in [5.74, 6) is 2.41. The van der Waals surface area contributed by atoms with Crippen LogP contribution >= 0.6 is 24.0 Å². The second-order valence-electron chi connectivity index (χ2n) is 6.65. The summed E-state index contributed by atoms with van der Waals surface area (Å²) >= 11 is 0. The molecule has 2 aliphatic rings. The molecule has 25 heavy (non-hydrogen) atoms. The minimum absolute atomic E-state index is 0. The first kappa shape index (κ1) is 20.1. The molecule has 1 saturated carbocycles. The summed E-state index contributed by atoms with van der Waals surface area (Å²) in [5, 5.41) is 13.8. The Morgan fingerprint density at radius 3 is 2.72 bits per heavy atom. The molecule has 0 spiro atoms. The maximum absolute atomic E-state index is 10.5. The van der Waals surface area contributed by atoms with Crippen LogP contribution in [0.4, 0.5) is 0 Å². The third-order valence-electron chi connectivity index (χ3n) is 4.61. The molecule has 1 aliphatic heterocycles. The summed E-state index contributed by atoms with van der Waals surface area (Å²) in [5.41, 5.74) is 0.507. The van der Waals surface area contributed by atoms with Crippen molar-refractivity contribution in [3.05, 3.63) is 23.8 Å². The van der Waals surface area contributed by atoms with Crippen LogP contribution in [0.2, 0.25) is 0 Å². The number of aliphatic imine (C=N–C) groups is 1.